The minimum absolute atomic E-state index is 0.129. The predicted molar refractivity (Wildman–Crippen MR) is 171 cm³/mol. The highest BCUT2D eigenvalue weighted by Crippen LogP contribution is 2.29. The Morgan fingerprint density at radius 3 is 2.31 bits per heavy atom. The molecule has 220 valence electrons. The Balaban J connectivity index is 1.45. The maximum atomic E-state index is 13.1. The Morgan fingerprint density at radius 1 is 0.929 bits per heavy atom. The zero-order valence-electron chi connectivity index (χ0n) is 23.2. The monoisotopic (exact) mass is 646 g/mol. The average molecular weight is 648 g/mol. The molecule has 4 rings (SSSR count). The summed E-state index contributed by atoms with van der Waals surface area (Å²) in [4.78, 5) is 26.0. The van der Waals surface area contributed by atoms with Crippen molar-refractivity contribution < 1.29 is 14.3 Å². The Morgan fingerprint density at radius 2 is 1.62 bits per heavy atom. The number of ether oxygens (including phenoxy) is 1. The lowest BCUT2D eigenvalue weighted by Crippen LogP contribution is -2.49. The Bertz CT molecular complexity index is 1620. The van der Waals surface area contributed by atoms with Crippen LogP contribution in [-0.2, 0) is 16.1 Å². The molecule has 2 amide bonds. The van der Waals surface area contributed by atoms with Gasteiger partial charge in [-0.2, -0.15) is 5.10 Å². The van der Waals surface area contributed by atoms with Crippen LogP contribution < -0.4 is 15.5 Å². The van der Waals surface area contributed by atoms with E-state index in [0.717, 1.165) is 22.0 Å². The number of hydrogen-bond acceptors (Lipinski definition) is 4. The van der Waals surface area contributed by atoms with E-state index in [1.165, 1.54) is 6.07 Å². The zero-order chi connectivity index (χ0) is 30.4. The first-order valence-corrected chi connectivity index (χ1v) is 14.8. The first-order valence-electron chi connectivity index (χ1n) is 13.3. The van der Waals surface area contributed by atoms with Crippen molar-refractivity contribution in [3.8, 4) is 5.75 Å². The van der Waals surface area contributed by atoms with Crippen LogP contribution in [0.2, 0.25) is 20.1 Å². The topological polar surface area (TPSA) is 84.7 Å². The van der Waals surface area contributed by atoms with Crippen molar-refractivity contribution in [1.82, 2.24) is 15.3 Å². The zero-order valence-corrected chi connectivity index (χ0v) is 26.2. The average Bonchev–Trinajstić information content (AvgIpc) is 3.28. The second kappa shape index (κ2) is 14.3. The van der Waals surface area contributed by atoms with Gasteiger partial charge in [0, 0.05) is 44.3 Å². The highest BCUT2D eigenvalue weighted by Gasteiger charge is 2.25. The van der Waals surface area contributed by atoms with E-state index in [9.17, 15) is 9.59 Å². The van der Waals surface area contributed by atoms with Gasteiger partial charge in [-0.05, 0) is 61.2 Å². The van der Waals surface area contributed by atoms with Gasteiger partial charge in [-0.1, -0.05) is 84.5 Å². The van der Waals surface area contributed by atoms with Crippen LogP contribution in [-0.4, -0.2) is 34.7 Å². The standard InChI is InChI=1S/C31H30Cl4N4O3/c1-18(2)12-27(37-30(40)19(3)42-29-11-10-23(33)14-26(29)35)31(41)38-36-15-21-17-39(28-7-5-4-6-24(21)28)16-20-8-9-22(32)13-25(20)34/h4-11,13-15,17-19,27H,12,16H2,1-3H3,(H,37,40)(H,38,41)/b36-15-/t19-,27-/m0/s1. The molecule has 0 bridgehead atoms. The number of nitrogens with one attached hydrogen (secondary N) is 2. The van der Waals surface area contributed by atoms with E-state index in [0.29, 0.717) is 33.8 Å². The van der Waals surface area contributed by atoms with Crippen molar-refractivity contribution >= 4 is 75.3 Å². The highest BCUT2D eigenvalue weighted by atomic mass is 35.5. The Kier molecular flexibility index (Phi) is 10.8. The van der Waals surface area contributed by atoms with Gasteiger partial charge in [0.05, 0.1) is 11.2 Å². The molecule has 3 aromatic carbocycles. The molecular formula is C31H30Cl4N4O3. The minimum atomic E-state index is -0.907. The van der Waals surface area contributed by atoms with Crippen molar-refractivity contribution in [1.29, 1.82) is 0 Å². The minimum Gasteiger partial charge on any atom is -0.479 e. The molecule has 1 heterocycles. The molecule has 0 aliphatic heterocycles. The molecule has 0 spiro atoms. The molecule has 11 heteroatoms. The van der Waals surface area contributed by atoms with E-state index in [2.05, 4.69) is 20.4 Å². The maximum absolute atomic E-state index is 13.1. The molecule has 0 saturated heterocycles. The van der Waals surface area contributed by atoms with Crippen LogP contribution in [0.4, 0.5) is 0 Å². The lowest BCUT2D eigenvalue weighted by atomic mass is 10.0. The maximum Gasteiger partial charge on any atom is 0.262 e. The number of para-hydroxylation sites is 1. The van der Waals surface area contributed by atoms with Crippen molar-refractivity contribution in [2.75, 3.05) is 0 Å². The first kappa shape index (κ1) is 31.7. The van der Waals surface area contributed by atoms with E-state index in [-0.39, 0.29) is 10.9 Å². The molecule has 0 saturated carbocycles. The summed E-state index contributed by atoms with van der Waals surface area (Å²) in [5.41, 5.74) is 5.29. The van der Waals surface area contributed by atoms with Crippen molar-refractivity contribution in [3.63, 3.8) is 0 Å². The van der Waals surface area contributed by atoms with Gasteiger partial charge in [0.15, 0.2) is 6.10 Å². The van der Waals surface area contributed by atoms with Gasteiger partial charge >= 0.3 is 0 Å². The number of hydrazone groups is 1. The molecule has 0 aliphatic carbocycles. The second-order valence-corrected chi connectivity index (χ2v) is 11.9. The number of carbonyl (C=O) groups excluding carboxylic acids is 2. The van der Waals surface area contributed by atoms with Crippen molar-refractivity contribution in [2.45, 2.75) is 45.9 Å². The normalized spacial score (nSPS) is 13.0. The van der Waals surface area contributed by atoms with Crippen LogP contribution in [0.3, 0.4) is 0 Å². The number of fused-ring (bicyclic) bond motifs is 1. The van der Waals surface area contributed by atoms with E-state index in [1.807, 2.05) is 50.4 Å². The number of nitrogens with zero attached hydrogens (tertiary/aromatic N) is 2. The Labute approximate surface area is 264 Å². The van der Waals surface area contributed by atoms with Gasteiger partial charge in [-0.3, -0.25) is 9.59 Å². The molecule has 0 aliphatic rings. The van der Waals surface area contributed by atoms with Gasteiger partial charge in [0.1, 0.15) is 11.8 Å². The number of halogens is 4. The fraction of sp³-hybridized carbons (Fsp3) is 0.258. The van der Waals surface area contributed by atoms with Crippen LogP contribution in [0.1, 0.15) is 38.3 Å². The molecule has 42 heavy (non-hydrogen) atoms. The summed E-state index contributed by atoms with van der Waals surface area (Å²) < 4.78 is 7.76. The molecule has 2 atom stereocenters. The summed E-state index contributed by atoms with van der Waals surface area (Å²) in [6.07, 6.45) is 3.03. The van der Waals surface area contributed by atoms with Gasteiger partial charge in [-0.25, -0.2) is 5.43 Å². The number of benzene rings is 3. The smallest absolute Gasteiger partial charge is 0.262 e. The molecule has 4 aromatic rings. The molecule has 7 nitrogen and oxygen atoms in total. The van der Waals surface area contributed by atoms with E-state index in [4.69, 9.17) is 51.1 Å². The van der Waals surface area contributed by atoms with Crippen LogP contribution in [0, 0.1) is 5.92 Å². The molecule has 1 aromatic heterocycles. The molecule has 2 N–H and O–H groups in total. The van der Waals surface area contributed by atoms with Gasteiger partial charge in [0.2, 0.25) is 0 Å². The number of amides is 2. The molecular weight excluding hydrogens is 618 g/mol. The lowest BCUT2D eigenvalue weighted by Gasteiger charge is -2.22. The summed E-state index contributed by atoms with van der Waals surface area (Å²) in [6, 6.07) is 17.2. The molecule has 0 unspecified atom stereocenters. The second-order valence-electron chi connectivity index (χ2n) is 10.2. The lowest BCUT2D eigenvalue weighted by molar-refractivity contribution is -0.132. The van der Waals surface area contributed by atoms with Gasteiger partial charge in [0.25, 0.3) is 11.8 Å². The quantitative estimate of drug-likeness (QED) is 0.129. The fourth-order valence-electron chi connectivity index (χ4n) is 4.39. The third-order valence-corrected chi connectivity index (χ3v) is 7.58. The van der Waals surface area contributed by atoms with Crippen LogP contribution in [0.5, 0.6) is 5.75 Å². The fourth-order valence-corrected chi connectivity index (χ4v) is 5.31. The third kappa shape index (κ3) is 8.19. The molecule has 0 radical (unpaired) electrons. The summed E-state index contributed by atoms with van der Waals surface area (Å²) in [5, 5.41) is 9.84. The van der Waals surface area contributed by atoms with Gasteiger partial charge in [-0.15, -0.1) is 0 Å². The number of carbonyl (C=O) groups is 2. The third-order valence-electron chi connectivity index (χ3n) is 6.46. The van der Waals surface area contributed by atoms with Crippen LogP contribution in [0.25, 0.3) is 10.9 Å². The number of aromatic nitrogens is 1. The van der Waals surface area contributed by atoms with E-state index in [1.54, 1.807) is 37.4 Å². The summed E-state index contributed by atoms with van der Waals surface area (Å²) >= 11 is 24.6. The summed E-state index contributed by atoms with van der Waals surface area (Å²) in [7, 11) is 0. The van der Waals surface area contributed by atoms with Crippen LogP contribution in [0.15, 0.2) is 72.0 Å². The number of rotatable bonds is 11. The highest BCUT2D eigenvalue weighted by molar-refractivity contribution is 6.35. The van der Waals surface area contributed by atoms with E-state index < -0.39 is 24.0 Å². The SMILES string of the molecule is CC(C)C[C@H](NC(=O)[C@H](C)Oc1ccc(Cl)cc1Cl)C(=O)N/N=C\c1cn(Cc2ccc(Cl)cc2Cl)c2ccccc12. The largest absolute Gasteiger partial charge is 0.479 e. The summed E-state index contributed by atoms with van der Waals surface area (Å²) in [5.74, 6) is -0.461. The Hall–Kier alpha value is -3.23. The molecule has 0 fully saturated rings. The predicted octanol–water partition coefficient (Wildman–Crippen LogP) is 7.75. The van der Waals surface area contributed by atoms with Crippen molar-refractivity contribution in [2.24, 2.45) is 11.0 Å². The first-order chi connectivity index (χ1) is 20.0. The van der Waals surface area contributed by atoms with Crippen LogP contribution >= 0.6 is 46.4 Å². The van der Waals surface area contributed by atoms with Gasteiger partial charge < -0.3 is 14.6 Å². The summed E-state index contributed by atoms with van der Waals surface area (Å²) in [6.45, 7) is 6.03. The van der Waals surface area contributed by atoms with Crippen molar-refractivity contribution in [3.05, 3.63) is 98.1 Å². The number of hydrogen-bond donors (Lipinski definition) is 2. The van der Waals surface area contributed by atoms with E-state index >= 15 is 0 Å².